The highest BCUT2D eigenvalue weighted by Gasteiger charge is 2.23. The first-order valence-electron chi connectivity index (χ1n) is 5.06. The van der Waals surface area contributed by atoms with Gasteiger partial charge >= 0.3 is 0 Å². The van der Waals surface area contributed by atoms with Crippen LogP contribution >= 0.6 is 0 Å². The molecule has 2 heterocycles. The van der Waals surface area contributed by atoms with E-state index < -0.39 is 0 Å². The highest BCUT2D eigenvalue weighted by Crippen LogP contribution is 2.17. The molecule has 1 fully saturated rings. The molecule has 3 heteroatoms. The number of nitrogens with one attached hydrogen (secondary N) is 1. The van der Waals surface area contributed by atoms with Gasteiger partial charge in [0.05, 0.1) is 12.1 Å². The molecule has 0 bridgehead atoms. The zero-order chi connectivity index (χ0) is 9.97. The summed E-state index contributed by atoms with van der Waals surface area (Å²) >= 11 is 0. The number of rotatable bonds is 2. The molecule has 1 aliphatic heterocycles. The maximum Gasteiger partial charge on any atom is 0.126 e. The minimum Gasteiger partial charge on any atom is -0.376 e. The van der Waals surface area contributed by atoms with Crippen molar-refractivity contribution in [2.24, 2.45) is 0 Å². The largest absolute Gasteiger partial charge is 0.376 e. The third-order valence-electron chi connectivity index (χ3n) is 2.62. The van der Waals surface area contributed by atoms with Gasteiger partial charge in [-0.25, -0.2) is 4.98 Å². The predicted molar refractivity (Wildman–Crippen MR) is 56.4 cm³/mol. The Morgan fingerprint density at radius 3 is 3.07 bits per heavy atom. The van der Waals surface area contributed by atoms with Gasteiger partial charge < -0.3 is 10.1 Å². The summed E-state index contributed by atoms with van der Waals surface area (Å²) in [6.07, 6.45) is 3.19. The second-order valence-corrected chi connectivity index (χ2v) is 3.83. The predicted octanol–water partition coefficient (Wildman–Crippen LogP) is 1.98. The molecule has 1 N–H and O–H groups in total. The third kappa shape index (κ3) is 2.04. The van der Waals surface area contributed by atoms with Gasteiger partial charge in [-0.2, -0.15) is 0 Å². The minimum absolute atomic E-state index is 0.289. The van der Waals surface area contributed by atoms with E-state index in [0.29, 0.717) is 6.04 Å². The van der Waals surface area contributed by atoms with Crippen LogP contribution in [0, 0.1) is 6.92 Å². The van der Waals surface area contributed by atoms with Crippen molar-refractivity contribution in [2.75, 3.05) is 11.9 Å². The molecule has 14 heavy (non-hydrogen) atoms. The lowest BCUT2D eigenvalue weighted by Gasteiger charge is -2.16. The summed E-state index contributed by atoms with van der Waals surface area (Å²) in [4.78, 5) is 4.27. The van der Waals surface area contributed by atoms with E-state index in [1.54, 1.807) is 0 Å². The Kier molecular flexibility index (Phi) is 2.68. The number of anilines is 1. The fraction of sp³-hybridized carbons (Fsp3) is 0.545. The maximum absolute atomic E-state index is 5.48. The molecule has 1 aromatic rings. The molecule has 0 aromatic carbocycles. The highest BCUT2D eigenvalue weighted by atomic mass is 16.5. The summed E-state index contributed by atoms with van der Waals surface area (Å²) < 4.78 is 5.48. The van der Waals surface area contributed by atoms with Crippen LogP contribution in [0.4, 0.5) is 5.82 Å². The van der Waals surface area contributed by atoms with Crippen molar-refractivity contribution >= 4 is 5.82 Å². The molecular weight excluding hydrogens is 176 g/mol. The van der Waals surface area contributed by atoms with Crippen molar-refractivity contribution in [1.29, 1.82) is 0 Å². The first kappa shape index (κ1) is 9.46. The lowest BCUT2D eigenvalue weighted by atomic mass is 10.1. The van der Waals surface area contributed by atoms with Crippen molar-refractivity contribution in [3.63, 3.8) is 0 Å². The monoisotopic (exact) mass is 192 g/mol. The van der Waals surface area contributed by atoms with E-state index in [1.807, 2.05) is 12.3 Å². The van der Waals surface area contributed by atoms with Gasteiger partial charge in [0.15, 0.2) is 0 Å². The van der Waals surface area contributed by atoms with E-state index in [0.717, 1.165) is 18.8 Å². The number of hydrogen-bond donors (Lipinski definition) is 1. The lowest BCUT2D eigenvalue weighted by molar-refractivity contribution is 0.121. The summed E-state index contributed by atoms with van der Waals surface area (Å²) in [5.41, 5.74) is 1.23. The summed E-state index contributed by atoms with van der Waals surface area (Å²) in [6, 6.07) is 4.47. The average Bonchev–Trinajstić information content (AvgIpc) is 2.52. The van der Waals surface area contributed by atoms with E-state index in [1.165, 1.54) is 5.56 Å². The average molecular weight is 192 g/mol. The van der Waals surface area contributed by atoms with Crippen molar-refractivity contribution in [3.8, 4) is 0 Å². The molecule has 0 saturated carbocycles. The van der Waals surface area contributed by atoms with E-state index in [-0.39, 0.29) is 6.10 Å². The summed E-state index contributed by atoms with van der Waals surface area (Å²) in [5, 5.41) is 3.40. The lowest BCUT2D eigenvalue weighted by Crippen LogP contribution is -2.27. The zero-order valence-corrected chi connectivity index (χ0v) is 8.66. The fourth-order valence-electron chi connectivity index (χ4n) is 1.73. The second kappa shape index (κ2) is 3.96. The van der Waals surface area contributed by atoms with Crippen LogP contribution in [0.3, 0.4) is 0 Å². The molecule has 3 nitrogen and oxygen atoms in total. The summed E-state index contributed by atoms with van der Waals surface area (Å²) in [6.45, 7) is 5.02. The highest BCUT2D eigenvalue weighted by molar-refractivity contribution is 5.38. The third-order valence-corrected chi connectivity index (χ3v) is 2.62. The molecule has 0 spiro atoms. The molecule has 1 saturated heterocycles. The molecule has 1 aliphatic rings. The molecule has 0 aliphatic carbocycles. The van der Waals surface area contributed by atoms with Crippen LogP contribution in [-0.2, 0) is 4.74 Å². The fourth-order valence-corrected chi connectivity index (χ4v) is 1.73. The first-order valence-corrected chi connectivity index (χ1v) is 5.06. The SMILES string of the molecule is Cc1ccnc(NC2CCOC2C)c1. The van der Waals surface area contributed by atoms with E-state index in [2.05, 4.69) is 30.2 Å². The van der Waals surface area contributed by atoms with E-state index >= 15 is 0 Å². The number of aromatic nitrogens is 1. The van der Waals surface area contributed by atoms with Gasteiger partial charge in [0.25, 0.3) is 0 Å². The van der Waals surface area contributed by atoms with Gasteiger partial charge in [-0.3, -0.25) is 0 Å². The first-order chi connectivity index (χ1) is 6.75. The van der Waals surface area contributed by atoms with Crippen LogP contribution in [-0.4, -0.2) is 23.7 Å². The van der Waals surface area contributed by atoms with Crippen molar-refractivity contribution in [3.05, 3.63) is 23.9 Å². The molecule has 2 unspecified atom stereocenters. The van der Waals surface area contributed by atoms with E-state index in [4.69, 9.17) is 4.74 Å². The van der Waals surface area contributed by atoms with Gasteiger partial charge in [-0.15, -0.1) is 0 Å². The van der Waals surface area contributed by atoms with Crippen molar-refractivity contribution in [2.45, 2.75) is 32.4 Å². The Morgan fingerprint density at radius 1 is 1.57 bits per heavy atom. The van der Waals surface area contributed by atoms with Crippen LogP contribution in [0.25, 0.3) is 0 Å². The number of pyridine rings is 1. The Labute approximate surface area is 84.5 Å². The normalized spacial score (nSPS) is 26.4. The van der Waals surface area contributed by atoms with Gasteiger partial charge in [0.1, 0.15) is 5.82 Å². The maximum atomic E-state index is 5.48. The zero-order valence-electron chi connectivity index (χ0n) is 8.66. The molecule has 0 amide bonds. The van der Waals surface area contributed by atoms with Crippen LogP contribution < -0.4 is 5.32 Å². The summed E-state index contributed by atoms with van der Waals surface area (Å²) in [7, 11) is 0. The molecule has 0 radical (unpaired) electrons. The molecular formula is C11H16N2O. The molecule has 76 valence electrons. The Balaban J connectivity index is 2.03. The van der Waals surface area contributed by atoms with Gasteiger partial charge in [-0.1, -0.05) is 0 Å². The standard InChI is InChI=1S/C11H16N2O/c1-8-3-5-12-11(7-8)13-10-4-6-14-9(10)2/h3,5,7,9-10H,4,6H2,1-2H3,(H,12,13). The van der Waals surface area contributed by atoms with Crippen LogP contribution in [0.15, 0.2) is 18.3 Å². The summed E-state index contributed by atoms with van der Waals surface area (Å²) in [5.74, 6) is 0.951. The Bertz CT molecular complexity index is 314. The molecule has 2 rings (SSSR count). The van der Waals surface area contributed by atoms with Gasteiger partial charge in [-0.05, 0) is 38.0 Å². The number of aryl methyl sites for hydroxylation is 1. The van der Waals surface area contributed by atoms with Crippen molar-refractivity contribution in [1.82, 2.24) is 4.98 Å². The smallest absolute Gasteiger partial charge is 0.126 e. The Morgan fingerprint density at radius 2 is 2.43 bits per heavy atom. The van der Waals surface area contributed by atoms with Crippen LogP contribution in [0.1, 0.15) is 18.9 Å². The number of hydrogen-bond acceptors (Lipinski definition) is 3. The van der Waals surface area contributed by atoms with Gasteiger partial charge in [0.2, 0.25) is 0 Å². The molecule has 1 aromatic heterocycles. The van der Waals surface area contributed by atoms with Crippen LogP contribution in [0.2, 0.25) is 0 Å². The molecule has 2 atom stereocenters. The Hall–Kier alpha value is -1.09. The number of ether oxygens (including phenoxy) is 1. The second-order valence-electron chi connectivity index (χ2n) is 3.83. The quantitative estimate of drug-likeness (QED) is 0.778. The van der Waals surface area contributed by atoms with Crippen molar-refractivity contribution < 1.29 is 4.74 Å². The minimum atomic E-state index is 0.289. The number of nitrogens with zero attached hydrogens (tertiary/aromatic N) is 1. The van der Waals surface area contributed by atoms with Gasteiger partial charge in [0, 0.05) is 12.8 Å². The van der Waals surface area contributed by atoms with E-state index in [9.17, 15) is 0 Å². The van der Waals surface area contributed by atoms with Crippen LogP contribution in [0.5, 0.6) is 0 Å². The topological polar surface area (TPSA) is 34.2 Å².